The zero-order valence-corrected chi connectivity index (χ0v) is 18.1. The third kappa shape index (κ3) is 6.33. The van der Waals surface area contributed by atoms with Crippen molar-refractivity contribution in [3.8, 4) is 11.5 Å². The third-order valence-corrected chi connectivity index (χ3v) is 4.75. The largest absolute Gasteiger partial charge is 0.490 e. The molecule has 3 aromatic carbocycles. The minimum Gasteiger partial charge on any atom is -0.490 e. The van der Waals surface area contributed by atoms with Crippen LogP contribution in [0.5, 0.6) is 11.5 Å². The Morgan fingerprint density at radius 2 is 1.52 bits per heavy atom. The van der Waals surface area contributed by atoms with E-state index in [1.165, 1.54) is 5.56 Å². The van der Waals surface area contributed by atoms with E-state index in [0.29, 0.717) is 35.3 Å². The number of hydrogen-bond donors (Lipinski definition) is 0. The van der Waals surface area contributed by atoms with Crippen LogP contribution in [0.3, 0.4) is 0 Å². The van der Waals surface area contributed by atoms with Gasteiger partial charge >= 0.3 is 5.97 Å². The summed E-state index contributed by atoms with van der Waals surface area (Å²) in [5, 5.41) is 0.529. The fourth-order valence-corrected chi connectivity index (χ4v) is 2.93. The molecule has 0 amide bonds. The molecule has 0 bridgehead atoms. The highest BCUT2D eigenvalue weighted by molar-refractivity contribution is 6.30. The molecule has 0 spiro atoms. The number of Topliss-reactive ketones (excluding diaryl/α,β-unsaturated/α-hetero) is 1. The molecule has 0 saturated heterocycles. The summed E-state index contributed by atoms with van der Waals surface area (Å²) in [5.74, 6) is 0.0331. The van der Waals surface area contributed by atoms with Gasteiger partial charge in [-0.25, -0.2) is 4.79 Å². The Kier molecular flexibility index (Phi) is 7.68. The quantitative estimate of drug-likeness (QED) is 0.318. The maximum atomic E-state index is 12.4. The van der Waals surface area contributed by atoms with Crippen molar-refractivity contribution in [1.29, 1.82) is 0 Å². The van der Waals surface area contributed by atoms with Crippen LogP contribution in [0.25, 0.3) is 0 Å². The lowest BCUT2D eigenvalue weighted by atomic mass is 10.1. The first-order valence-electron chi connectivity index (χ1n) is 9.87. The van der Waals surface area contributed by atoms with Crippen LogP contribution in [0.15, 0.2) is 66.7 Å². The molecule has 3 aromatic rings. The highest BCUT2D eigenvalue weighted by Gasteiger charge is 2.15. The Morgan fingerprint density at radius 3 is 2.19 bits per heavy atom. The average Bonchev–Trinajstić information content (AvgIpc) is 2.78. The molecule has 3 rings (SSSR count). The second-order valence-corrected chi connectivity index (χ2v) is 7.31. The summed E-state index contributed by atoms with van der Waals surface area (Å²) in [7, 11) is 0. The summed E-state index contributed by atoms with van der Waals surface area (Å²) in [4.78, 5) is 24.6. The second-order valence-electron chi connectivity index (χ2n) is 6.88. The number of hydrogen-bond acceptors (Lipinski definition) is 5. The highest BCUT2D eigenvalue weighted by Crippen LogP contribution is 2.29. The van der Waals surface area contributed by atoms with Gasteiger partial charge in [-0.3, -0.25) is 4.79 Å². The van der Waals surface area contributed by atoms with Gasteiger partial charge in [0.1, 0.15) is 6.61 Å². The lowest BCUT2D eigenvalue weighted by Gasteiger charge is -2.13. The molecule has 5 nitrogen and oxygen atoms in total. The number of ether oxygens (including phenoxy) is 3. The van der Waals surface area contributed by atoms with E-state index in [-0.39, 0.29) is 18.0 Å². The normalized spacial score (nSPS) is 10.4. The number of benzene rings is 3. The van der Waals surface area contributed by atoms with Gasteiger partial charge in [-0.2, -0.15) is 0 Å². The minimum atomic E-state index is -0.617. The standard InChI is InChI=1S/C25H23ClO5/c1-3-29-24-14-20(10-13-23(24)30-15-18-6-4-17(2)5-7-18)25(28)31-16-22(27)19-8-11-21(26)12-9-19/h4-14H,3,15-16H2,1-2H3. The van der Waals surface area contributed by atoms with Crippen LogP contribution in [-0.4, -0.2) is 25.0 Å². The van der Waals surface area contributed by atoms with Gasteiger partial charge in [-0.1, -0.05) is 41.4 Å². The van der Waals surface area contributed by atoms with Crippen molar-refractivity contribution in [2.75, 3.05) is 13.2 Å². The van der Waals surface area contributed by atoms with E-state index in [2.05, 4.69) is 0 Å². The molecule has 0 fully saturated rings. The average molecular weight is 439 g/mol. The van der Waals surface area contributed by atoms with Gasteiger partial charge in [-0.15, -0.1) is 0 Å². The first-order chi connectivity index (χ1) is 15.0. The number of aryl methyl sites for hydroxylation is 1. The van der Waals surface area contributed by atoms with E-state index >= 15 is 0 Å². The lowest BCUT2D eigenvalue weighted by Crippen LogP contribution is -2.14. The maximum Gasteiger partial charge on any atom is 0.338 e. The molecule has 31 heavy (non-hydrogen) atoms. The number of carbonyl (C=O) groups excluding carboxylic acids is 2. The molecular formula is C25H23ClO5. The van der Waals surface area contributed by atoms with Crippen molar-refractivity contribution in [3.63, 3.8) is 0 Å². The van der Waals surface area contributed by atoms with Crippen LogP contribution in [-0.2, 0) is 11.3 Å². The molecule has 0 aliphatic heterocycles. The zero-order valence-electron chi connectivity index (χ0n) is 17.4. The fourth-order valence-electron chi connectivity index (χ4n) is 2.80. The molecular weight excluding hydrogens is 416 g/mol. The van der Waals surface area contributed by atoms with E-state index in [9.17, 15) is 9.59 Å². The molecule has 0 aliphatic rings. The molecule has 0 atom stereocenters. The van der Waals surface area contributed by atoms with E-state index < -0.39 is 5.97 Å². The van der Waals surface area contributed by atoms with E-state index in [1.807, 2.05) is 38.1 Å². The Morgan fingerprint density at radius 1 is 0.839 bits per heavy atom. The summed E-state index contributed by atoms with van der Waals surface area (Å²) < 4.78 is 16.7. The number of ketones is 1. The molecule has 6 heteroatoms. The molecule has 0 radical (unpaired) electrons. The van der Waals surface area contributed by atoms with Gasteiger partial charge in [0.2, 0.25) is 0 Å². The van der Waals surface area contributed by atoms with Crippen LogP contribution in [0.4, 0.5) is 0 Å². The van der Waals surface area contributed by atoms with Crippen molar-refractivity contribution in [3.05, 3.63) is 94.0 Å². The van der Waals surface area contributed by atoms with Crippen molar-refractivity contribution in [2.24, 2.45) is 0 Å². The second kappa shape index (κ2) is 10.6. The summed E-state index contributed by atoms with van der Waals surface area (Å²) in [6, 6.07) is 19.2. The first kappa shape index (κ1) is 22.4. The number of halogens is 1. The van der Waals surface area contributed by atoms with Gasteiger partial charge in [0.15, 0.2) is 23.9 Å². The SMILES string of the molecule is CCOc1cc(C(=O)OCC(=O)c2ccc(Cl)cc2)ccc1OCc1ccc(C)cc1. The van der Waals surface area contributed by atoms with E-state index in [0.717, 1.165) is 5.56 Å². The molecule has 0 N–H and O–H groups in total. The van der Waals surface area contributed by atoms with E-state index in [4.69, 9.17) is 25.8 Å². The number of carbonyl (C=O) groups is 2. The Balaban J connectivity index is 1.64. The van der Waals surface area contributed by atoms with Crippen LogP contribution >= 0.6 is 11.6 Å². The third-order valence-electron chi connectivity index (χ3n) is 4.49. The molecule has 0 aromatic heterocycles. The number of esters is 1. The van der Waals surface area contributed by atoms with Crippen molar-refractivity contribution < 1.29 is 23.8 Å². The topological polar surface area (TPSA) is 61.8 Å². The lowest BCUT2D eigenvalue weighted by molar-refractivity contribution is 0.0474. The van der Waals surface area contributed by atoms with Crippen molar-refractivity contribution in [2.45, 2.75) is 20.5 Å². The molecule has 0 unspecified atom stereocenters. The maximum absolute atomic E-state index is 12.4. The van der Waals surface area contributed by atoms with Crippen LogP contribution in [0, 0.1) is 6.92 Å². The Hall–Kier alpha value is -3.31. The summed E-state index contributed by atoms with van der Waals surface area (Å²) in [5.41, 5.74) is 2.90. The van der Waals surface area contributed by atoms with Gasteiger partial charge in [0.05, 0.1) is 12.2 Å². The highest BCUT2D eigenvalue weighted by atomic mass is 35.5. The zero-order chi connectivity index (χ0) is 22.2. The van der Waals surface area contributed by atoms with Gasteiger partial charge in [0, 0.05) is 10.6 Å². The monoisotopic (exact) mass is 438 g/mol. The van der Waals surface area contributed by atoms with Crippen LogP contribution in [0.2, 0.25) is 5.02 Å². The smallest absolute Gasteiger partial charge is 0.338 e. The molecule has 0 aliphatic carbocycles. The Labute approximate surface area is 186 Å². The predicted octanol–water partition coefficient (Wildman–Crippen LogP) is 5.67. The Bertz CT molecular complexity index is 1040. The summed E-state index contributed by atoms with van der Waals surface area (Å²) in [6.07, 6.45) is 0. The molecule has 160 valence electrons. The fraction of sp³-hybridized carbons (Fsp3) is 0.200. The van der Waals surface area contributed by atoms with E-state index in [1.54, 1.807) is 42.5 Å². The predicted molar refractivity (Wildman–Crippen MR) is 119 cm³/mol. The van der Waals surface area contributed by atoms with Crippen molar-refractivity contribution >= 4 is 23.4 Å². The summed E-state index contributed by atoms with van der Waals surface area (Å²) in [6.45, 7) is 4.29. The number of rotatable bonds is 9. The van der Waals surface area contributed by atoms with Crippen LogP contribution in [0.1, 0.15) is 38.8 Å². The summed E-state index contributed by atoms with van der Waals surface area (Å²) >= 11 is 5.82. The van der Waals surface area contributed by atoms with Crippen molar-refractivity contribution in [1.82, 2.24) is 0 Å². The molecule has 0 heterocycles. The minimum absolute atomic E-state index is 0.273. The first-order valence-corrected chi connectivity index (χ1v) is 10.2. The van der Waals surface area contributed by atoms with Gasteiger partial charge in [0.25, 0.3) is 0 Å². The van der Waals surface area contributed by atoms with Gasteiger partial charge < -0.3 is 14.2 Å². The van der Waals surface area contributed by atoms with Gasteiger partial charge in [-0.05, 0) is 61.9 Å². The molecule has 0 saturated carbocycles. The van der Waals surface area contributed by atoms with Crippen LogP contribution < -0.4 is 9.47 Å².